The fourth-order valence-electron chi connectivity index (χ4n) is 2.07. The lowest BCUT2D eigenvalue weighted by molar-refractivity contribution is -0.141. The van der Waals surface area contributed by atoms with Gasteiger partial charge >= 0.3 is 5.97 Å². The number of rotatable bonds is 3. The molecule has 5 unspecified atom stereocenters. The topological polar surface area (TPSA) is 100 Å². The number of thioether (sulfide) groups is 1. The highest BCUT2D eigenvalue weighted by molar-refractivity contribution is 8.14. The highest BCUT2D eigenvalue weighted by Crippen LogP contribution is 2.34. The molecule has 0 aromatic rings. The first kappa shape index (κ1) is 15.3. The average Bonchev–Trinajstić information content (AvgIpc) is 2.85. The van der Waals surface area contributed by atoms with Gasteiger partial charge in [0.1, 0.15) is 23.7 Å². The van der Waals surface area contributed by atoms with Crippen molar-refractivity contribution in [1.82, 2.24) is 5.32 Å². The normalized spacial score (nSPS) is 38.8. The molecule has 2 aliphatic rings. The Balaban J connectivity index is 2.04. The molecule has 20 heavy (non-hydrogen) atoms. The predicted molar refractivity (Wildman–Crippen MR) is 74.3 cm³/mol. The lowest BCUT2D eigenvalue weighted by Gasteiger charge is -2.37. The third kappa shape index (κ3) is 3.14. The molecule has 7 nitrogen and oxygen atoms in total. The van der Waals surface area contributed by atoms with Gasteiger partial charge in [-0.3, -0.25) is 4.99 Å². The van der Waals surface area contributed by atoms with Gasteiger partial charge in [0, 0.05) is 13.1 Å². The Kier molecular flexibility index (Phi) is 5.03. The monoisotopic (exact) mass is 302 g/mol. The van der Waals surface area contributed by atoms with E-state index in [1.54, 1.807) is 14.0 Å². The standard InChI is InChI=1S/C12H18N2O5S/c1-3-18-7(15)5-4-6-9(16)10(17)8-11(19-6)20-12(13-2)14-8/h4-6,8-11,16-17H,3H2,1-2H3,(H,13,14). The van der Waals surface area contributed by atoms with Gasteiger partial charge in [-0.25, -0.2) is 4.79 Å². The third-order valence-electron chi connectivity index (χ3n) is 3.07. The first-order chi connectivity index (χ1) is 9.56. The maximum Gasteiger partial charge on any atom is 0.330 e. The maximum absolute atomic E-state index is 11.3. The molecule has 0 bridgehead atoms. The molecule has 0 aromatic carbocycles. The van der Waals surface area contributed by atoms with Gasteiger partial charge in [-0.2, -0.15) is 0 Å². The number of hydrogen-bond donors (Lipinski definition) is 3. The Bertz CT molecular complexity index is 428. The third-order valence-corrected chi connectivity index (χ3v) is 4.23. The van der Waals surface area contributed by atoms with Gasteiger partial charge in [-0.05, 0) is 13.0 Å². The molecule has 5 atom stereocenters. The number of aliphatic hydroxyl groups is 2. The molecule has 8 heteroatoms. The number of aliphatic imine (C=N–C) groups is 1. The number of nitrogens with zero attached hydrogens (tertiary/aromatic N) is 1. The summed E-state index contributed by atoms with van der Waals surface area (Å²) in [5.41, 5.74) is -0.357. The van der Waals surface area contributed by atoms with E-state index in [1.165, 1.54) is 23.9 Å². The molecule has 2 heterocycles. The summed E-state index contributed by atoms with van der Waals surface area (Å²) in [5.74, 6) is -0.507. The zero-order valence-corrected chi connectivity index (χ0v) is 12.0. The Morgan fingerprint density at radius 1 is 1.55 bits per heavy atom. The van der Waals surface area contributed by atoms with Crippen molar-refractivity contribution in [3.8, 4) is 0 Å². The molecule has 2 saturated heterocycles. The zero-order valence-electron chi connectivity index (χ0n) is 11.2. The second-order valence-corrected chi connectivity index (χ2v) is 5.47. The number of carbonyl (C=O) groups excluding carboxylic acids is 1. The van der Waals surface area contributed by atoms with Crippen molar-refractivity contribution in [2.24, 2.45) is 4.99 Å². The van der Waals surface area contributed by atoms with Gasteiger partial charge in [0.05, 0.1) is 12.6 Å². The van der Waals surface area contributed by atoms with E-state index in [0.29, 0.717) is 5.17 Å². The van der Waals surface area contributed by atoms with Crippen LogP contribution in [0.2, 0.25) is 0 Å². The Morgan fingerprint density at radius 3 is 2.95 bits per heavy atom. The molecule has 0 aliphatic carbocycles. The molecule has 0 aromatic heterocycles. The van der Waals surface area contributed by atoms with Crippen LogP contribution in [0.15, 0.2) is 17.1 Å². The molecule has 0 amide bonds. The van der Waals surface area contributed by atoms with Crippen LogP contribution in [-0.4, -0.2) is 64.8 Å². The number of carbonyl (C=O) groups is 1. The Morgan fingerprint density at radius 2 is 2.30 bits per heavy atom. The van der Waals surface area contributed by atoms with Crippen LogP contribution in [0, 0.1) is 0 Å². The summed E-state index contributed by atoms with van der Waals surface area (Å²) in [6.07, 6.45) is -0.277. The number of esters is 1. The van der Waals surface area contributed by atoms with Crippen molar-refractivity contribution in [3.63, 3.8) is 0 Å². The number of amidine groups is 1. The van der Waals surface area contributed by atoms with E-state index in [2.05, 4.69) is 10.3 Å². The van der Waals surface area contributed by atoms with Gasteiger partial charge in [0.25, 0.3) is 0 Å². The van der Waals surface area contributed by atoms with Crippen LogP contribution in [0.5, 0.6) is 0 Å². The summed E-state index contributed by atoms with van der Waals surface area (Å²) in [7, 11) is 1.63. The summed E-state index contributed by atoms with van der Waals surface area (Å²) >= 11 is 1.34. The first-order valence-corrected chi connectivity index (χ1v) is 7.21. The SMILES string of the molecule is CCOC(=O)C=CC1OC2SC(=NC)NC2C(O)C1O. The molecule has 0 radical (unpaired) electrons. The molecule has 3 N–H and O–H groups in total. The Labute approximate surface area is 121 Å². The van der Waals surface area contributed by atoms with E-state index in [0.717, 1.165) is 0 Å². The van der Waals surface area contributed by atoms with E-state index < -0.39 is 30.3 Å². The van der Waals surface area contributed by atoms with Crippen LogP contribution >= 0.6 is 11.8 Å². The molecule has 0 spiro atoms. The van der Waals surface area contributed by atoms with Gasteiger partial charge in [0.15, 0.2) is 5.17 Å². The minimum absolute atomic E-state index is 0.278. The van der Waals surface area contributed by atoms with Crippen molar-refractivity contribution in [3.05, 3.63) is 12.2 Å². The van der Waals surface area contributed by atoms with Crippen LogP contribution in [-0.2, 0) is 14.3 Å². The van der Waals surface area contributed by atoms with Crippen LogP contribution in [0.3, 0.4) is 0 Å². The lowest BCUT2D eigenvalue weighted by Crippen LogP contribution is -2.58. The molecular weight excluding hydrogens is 284 g/mol. The van der Waals surface area contributed by atoms with Gasteiger partial charge in [-0.1, -0.05) is 11.8 Å². The summed E-state index contributed by atoms with van der Waals surface area (Å²) in [6, 6.07) is -0.416. The lowest BCUT2D eigenvalue weighted by atomic mass is 9.97. The van der Waals surface area contributed by atoms with Gasteiger partial charge < -0.3 is 25.0 Å². The molecule has 0 saturated carbocycles. The number of hydrogen-bond acceptors (Lipinski definition) is 7. The predicted octanol–water partition coefficient (Wildman–Crippen LogP) is -0.757. The smallest absolute Gasteiger partial charge is 0.330 e. The number of aliphatic hydroxyl groups excluding tert-OH is 2. The molecule has 2 rings (SSSR count). The largest absolute Gasteiger partial charge is 0.463 e. The minimum Gasteiger partial charge on any atom is -0.463 e. The van der Waals surface area contributed by atoms with E-state index in [-0.39, 0.29) is 12.0 Å². The van der Waals surface area contributed by atoms with Crippen LogP contribution in [0.1, 0.15) is 6.92 Å². The number of fused-ring (bicyclic) bond motifs is 1. The summed E-state index contributed by atoms with van der Waals surface area (Å²) in [4.78, 5) is 15.3. The average molecular weight is 302 g/mol. The van der Waals surface area contributed by atoms with Gasteiger partial charge in [0.2, 0.25) is 0 Å². The highest BCUT2D eigenvalue weighted by Gasteiger charge is 2.48. The minimum atomic E-state index is -1.12. The van der Waals surface area contributed by atoms with E-state index in [1.807, 2.05) is 0 Å². The van der Waals surface area contributed by atoms with Crippen LogP contribution < -0.4 is 5.32 Å². The van der Waals surface area contributed by atoms with Gasteiger partial charge in [-0.15, -0.1) is 0 Å². The van der Waals surface area contributed by atoms with E-state index >= 15 is 0 Å². The second-order valence-electron chi connectivity index (χ2n) is 4.38. The molecule has 112 valence electrons. The molecule has 2 fully saturated rings. The second kappa shape index (κ2) is 6.57. The van der Waals surface area contributed by atoms with Crippen molar-refractivity contribution < 1.29 is 24.5 Å². The number of ether oxygens (including phenoxy) is 2. The van der Waals surface area contributed by atoms with Crippen molar-refractivity contribution in [1.29, 1.82) is 0 Å². The summed E-state index contributed by atoms with van der Waals surface area (Å²) < 4.78 is 10.4. The van der Waals surface area contributed by atoms with E-state index in [4.69, 9.17) is 9.47 Å². The number of nitrogens with one attached hydrogen (secondary N) is 1. The fourth-order valence-corrected chi connectivity index (χ4v) is 3.16. The Hall–Kier alpha value is -1.09. The first-order valence-electron chi connectivity index (χ1n) is 6.33. The van der Waals surface area contributed by atoms with Crippen molar-refractivity contribution in [2.75, 3.05) is 13.7 Å². The molecule has 2 aliphatic heterocycles. The van der Waals surface area contributed by atoms with Crippen LogP contribution in [0.25, 0.3) is 0 Å². The fraction of sp³-hybridized carbons (Fsp3) is 0.667. The molecular formula is C12H18N2O5S. The van der Waals surface area contributed by atoms with Crippen molar-refractivity contribution in [2.45, 2.75) is 36.7 Å². The summed E-state index contributed by atoms with van der Waals surface area (Å²) in [6.45, 7) is 1.99. The maximum atomic E-state index is 11.3. The highest BCUT2D eigenvalue weighted by atomic mass is 32.2. The summed E-state index contributed by atoms with van der Waals surface area (Å²) in [5, 5.41) is 23.8. The quantitative estimate of drug-likeness (QED) is 0.465. The van der Waals surface area contributed by atoms with Crippen molar-refractivity contribution >= 4 is 22.9 Å². The van der Waals surface area contributed by atoms with E-state index in [9.17, 15) is 15.0 Å². The van der Waals surface area contributed by atoms with Crippen LogP contribution in [0.4, 0.5) is 0 Å². The zero-order chi connectivity index (χ0) is 14.7.